The Labute approximate surface area is 129 Å². The van der Waals surface area contributed by atoms with Crippen molar-refractivity contribution in [2.75, 3.05) is 5.75 Å². The molecule has 0 aromatic carbocycles. The highest BCUT2D eigenvalue weighted by atomic mass is 32.2. The van der Waals surface area contributed by atoms with Gasteiger partial charge in [-0.25, -0.2) is 4.79 Å². The highest BCUT2D eigenvalue weighted by Crippen LogP contribution is 2.29. The zero-order valence-corrected chi connectivity index (χ0v) is 13.2. The lowest BCUT2D eigenvalue weighted by atomic mass is 10.2. The molecule has 0 saturated heterocycles. The first-order valence-electron chi connectivity index (χ1n) is 7.46. The molecular weight excluding hydrogens is 292 g/mol. The molecule has 1 aliphatic rings. The minimum absolute atomic E-state index is 0.0530. The Hall–Kier alpha value is -1.24. The van der Waals surface area contributed by atoms with Crippen LogP contribution in [0.4, 0.5) is 4.79 Å². The molecule has 2 unspecified atom stereocenters. The van der Waals surface area contributed by atoms with E-state index in [1.807, 2.05) is 11.8 Å². The Balaban J connectivity index is 2.20. The topological polar surface area (TPSA) is 95.5 Å². The minimum Gasteiger partial charge on any atom is -0.481 e. The zero-order chi connectivity index (χ0) is 15.7. The van der Waals surface area contributed by atoms with Gasteiger partial charge in [0.15, 0.2) is 0 Å². The molecule has 0 radical (unpaired) electrons. The van der Waals surface area contributed by atoms with Crippen LogP contribution in [0.15, 0.2) is 0 Å². The van der Waals surface area contributed by atoms with Gasteiger partial charge in [0, 0.05) is 24.1 Å². The highest BCUT2D eigenvalue weighted by Gasteiger charge is 2.28. The van der Waals surface area contributed by atoms with E-state index in [-0.39, 0.29) is 24.8 Å². The normalized spacial score (nSPS) is 21.0. The van der Waals surface area contributed by atoms with E-state index in [4.69, 9.17) is 5.11 Å². The molecule has 0 aromatic rings. The van der Waals surface area contributed by atoms with Gasteiger partial charge in [0.05, 0.1) is 0 Å². The number of imide groups is 1. The molecule has 1 aliphatic carbocycles. The third-order valence-corrected chi connectivity index (χ3v) is 4.77. The summed E-state index contributed by atoms with van der Waals surface area (Å²) in [6.07, 6.45) is 4.32. The third kappa shape index (κ3) is 7.36. The summed E-state index contributed by atoms with van der Waals surface area (Å²) in [7, 11) is 0. The lowest BCUT2D eigenvalue weighted by Crippen LogP contribution is -2.46. The third-order valence-electron chi connectivity index (χ3n) is 3.45. The number of thioether (sulfide) groups is 1. The largest absolute Gasteiger partial charge is 0.481 e. The SMILES string of the molecule is CCSC1CCCC1NC(=O)NC(=O)CCCCC(=O)O. The van der Waals surface area contributed by atoms with Crippen molar-refractivity contribution in [3.63, 3.8) is 0 Å². The van der Waals surface area contributed by atoms with Crippen molar-refractivity contribution in [3.05, 3.63) is 0 Å². The van der Waals surface area contributed by atoms with E-state index in [2.05, 4.69) is 17.6 Å². The van der Waals surface area contributed by atoms with Gasteiger partial charge in [-0.2, -0.15) is 11.8 Å². The first-order valence-corrected chi connectivity index (χ1v) is 8.51. The van der Waals surface area contributed by atoms with Gasteiger partial charge in [0.1, 0.15) is 0 Å². The number of aliphatic carboxylic acids is 1. The van der Waals surface area contributed by atoms with Crippen LogP contribution in [0.1, 0.15) is 51.9 Å². The Bertz CT molecular complexity index is 376. The van der Waals surface area contributed by atoms with Crippen LogP contribution in [0.3, 0.4) is 0 Å². The van der Waals surface area contributed by atoms with Crippen LogP contribution < -0.4 is 10.6 Å². The van der Waals surface area contributed by atoms with Gasteiger partial charge in [-0.05, 0) is 31.4 Å². The molecule has 0 spiro atoms. The summed E-state index contributed by atoms with van der Waals surface area (Å²) in [5, 5.41) is 14.1. The number of carboxylic acid groups (broad SMARTS) is 1. The highest BCUT2D eigenvalue weighted by molar-refractivity contribution is 7.99. The van der Waals surface area contributed by atoms with Gasteiger partial charge in [0.2, 0.25) is 5.91 Å². The number of unbranched alkanes of at least 4 members (excludes halogenated alkanes) is 1. The Morgan fingerprint density at radius 3 is 2.57 bits per heavy atom. The summed E-state index contributed by atoms with van der Waals surface area (Å²) in [5.74, 6) is -0.197. The van der Waals surface area contributed by atoms with Crippen LogP contribution in [-0.4, -0.2) is 40.1 Å². The zero-order valence-electron chi connectivity index (χ0n) is 12.4. The van der Waals surface area contributed by atoms with Crippen molar-refractivity contribution in [2.45, 2.75) is 63.2 Å². The number of hydrogen-bond donors (Lipinski definition) is 3. The Morgan fingerprint density at radius 1 is 1.19 bits per heavy atom. The number of carbonyl (C=O) groups excluding carboxylic acids is 2. The van der Waals surface area contributed by atoms with Crippen LogP contribution in [0.5, 0.6) is 0 Å². The minimum atomic E-state index is -0.867. The maximum absolute atomic E-state index is 11.8. The average molecular weight is 316 g/mol. The van der Waals surface area contributed by atoms with E-state index in [1.54, 1.807) is 0 Å². The summed E-state index contributed by atoms with van der Waals surface area (Å²) in [6, 6.07) is -0.304. The summed E-state index contributed by atoms with van der Waals surface area (Å²) < 4.78 is 0. The van der Waals surface area contributed by atoms with Crippen LogP contribution in [0.2, 0.25) is 0 Å². The van der Waals surface area contributed by atoms with Crippen molar-refractivity contribution in [3.8, 4) is 0 Å². The molecule has 6 nitrogen and oxygen atoms in total. The first-order chi connectivity index (χ1) is 10.0. The van der Waals surface area contributed by atoms with Crippen molar-refractivity contribution in [1.82, 2.24) is 10.6 Å². The second kappa shape index (κ2) is 9.65. The number of rotatable bonds is 8. The lowest BCUT2D eigenvalue weighted by molar-refractivity contribution is -0.137. The number of carboxylic acids is 1. The summed E-state index contributed by atoms with van der Waals surface area (Å²) in [5.41, 5.74) is 0. The molecular formula is C14H24N2O4S. The molecule has 2 atom stereocenters. The number of urea groups is 1. The predicted molar refractivity (Wildman–Crippen MR) is 82.3 cm³/mol. The second-order valence-corrected chi connectivity index (χ2v) is 6.67. The molecule has 3 amide bonds. The van der Waals surface area contributed by atoms with E-state index in [0.29, 0.717) is 18.1 Å². The molecule has 0 aromatic heterocycles. The fourth-order valence-electron chi connectivity index (χ4n) is 2.46. The molecule has 0 aliphatic heterocycles. The molecule has 1 fully saturated rings. The van der Waals surface area contributed by atoms with E-state index >= 15 is 0 Å². The first kappa shape index (κ1) is 17.8. The maximum atomic E-state index is 11.8. The van der Waals surface area contributed by atoms with Crippen LogP contribution in [0.25, 0.3) is 0 Å². The molecule has 120 valence electrons. The summed E-state index contributed by atoms with van der Waals surface area (Å²) in [6.45, 7) is 2.10. The monoisotopic (exact) mass is 316 g/mol. The maximum Gasteiger partial charge on any atom is 0.321 e. The van der Waals surface area contributed by atoms with Crippen molar-refractivity contribution in [2.24, 2.45) is 0 Å². The van der Waals surface area contributed by atoms with Gasteiger partial charge < -0.3 is 10.4 Å². The van der Waals surface area contributed by atoms with E-state index < -0.39 is 12.0 Å². The average Bonchev–Trinajstić information content (AvgIpc) is 2.82. The lowest BCUT2D eigenvalue weighted by Gasteiger charge is -2.20. The van der Waals surface area contributed by atoms with Crippen LogP contribution >= 0.6 is 11.8 Å². The number of amides is 3. The molecule has 21 heavy (non-hydrogen) atoms. The molecule has 1 rings (SSSR count). The van der Waals surface area contributed by atoms with Crippen LogP contribution in [0, 0.1) is 0 Å². The van der Waals surface area contributed by atoms with Gasteiger partial charge >= 0.3 is 12.0 Å². The molecule has 0 heterocycles. The smallest absolute Gasteiger partial charge is 0.321 e. The number of hydrogen-bond acceptors (Lipinski definition) is 4. The standard InChI is InChI=1S/C14H24N2O4S/c1-2-21-11-7-5-6-10(11)15-14(20)16-12(17)8-3-4-9-13(18)19/h10-11H,2-9H2,1H3,(H,18,19)(H2,15,16,17,20). The number of carbonyl (C=O) groups is 3. The van der Waals surface area contributed by atoms with Gasteiger partial charge in [-0.1, -0.05) is 13.3 Å². The fraction of sp³-hybridized carbons (Fsp3) is 0.786. The second-order valence-electron chi connectivity index (χ2n) is 5.15. The molecule has 3 N–H and O–H groups in total. The number of nitrogens with one attached hydrogen (secondary N) is 2. The predicted octanol–water partition coefficient (Wildman–Crippen LogP) is 2.13. The molecule has 7 heteroatoms. The van der Waals surface area contributed by atoms with Crippen molar-refractivity contribution < 1.29 is 19.5 Å². The van der Waals surface area contributed by atoms with E-state index in [1.165, 1.54) is 0 Å². The Kier molecular flexibility index (Phi) is 8.19. The fourth-order valence-corrected chi connectivity index (χ4v) is 3.66. The van der Waals surface area contributed by atoms with Crippen molar-refractivity contribution in [1.29, 1.82) is 0 Å². The summed E-state index contributed by atoms with van der Waals surface area (Å²) >= 11 is 1.84. The molecule has 1 saturated carbocycles. The quantitative estimate of drug-likeness (QED) is 0.596. The van der Waals surface area contributed by atoms with Gasteiger partial charge in [-0.15, -0.1) is 0 Å². The van der Waals surface area contributed by atoms with Gasteiger partial charge in [0.25, 0.3) is 0 Å². The van der Waals surface area contributed by atoms with Gasteiger partial charge in [-0.3, -0.25) is 14.9 Å². The van der Waals surface area contributed by atoms with Crippen molar-refractivity contribution >= 4 is 29.7 Å². The van der Waals surface area contributed by atoms with E-state index in [9.17, 15) is 14.4 Å². The summed E-state index contributed by atoms with van der Waals surface area (Å²) in [4.78, 5) is 33.6. The Morgan fingerprint density at radius 2 is 1.90 bits per heavy atom. The van der Waals surface area contributed by atoms with E-state index in [0.717, 1.165) is 25.0 Å². The molecule has 0 bridgehead atoms. The van der Waals surface area contributed by atoms with Crippen LogP contribution in [-0.2, 0) is 9.59 Å².